The van der Waals surface area contributed by atoms with Crippen molar-refractivity contribution in [1.29, 1.82) is 0 Å². The Balaban J connectivity index is 1.51. The SMILES string of the molecule is O=C(CC1(C(=O)O)CCC1)NCc1cccc(NC(=O)C2CCCC2)c1. The summed E-state index contributed by atoms with van der Waals surface area (Å²) >= 11 is 0. The van der Waals surface area contributed by atoms with Crippen molar-refractivity contribution < 1.29 is 19.5 Å². The molecule has 0 atom stereocenters. The van der Waals surface area contributed by atoms with E-state index in [1.54, 1.807) is 0 Å². The number of carboxylic acid groups (broad SMARTS) is 1. The molecule has 3 rings (SSSR count). The predicted molar refractivity (Wildman–Crippen MR) is 97.4 cm³/mol. The van der Waals surface area contributed by atoms with Gasteiger partial charge in [0.2, 0.25) is 11.8 Å². The maximum Gasteiger partial charge on any atom is 0.310 e. The highest BCUT2D eigenvalue weighted by Crippen LogP contribution is 2.44. The van der Waals surface area contributed by atoms with Gasteiger partial charge in [0.25, 0.3) is 0 Å². The number of anilines is 1. The number of carboxylic acids is 1. The first kappa shape index (κ1) is 18.4. The second-order valence-corrected chi connectivity index (χ2v) is 7.56. The Morgan fingerprint density at radius 1 is 1.12 bits per heavy atom. The normalized spacial score (nSPS) is 18.8. The molecule has 0 bridgehead atoms. The van der Waals surface area contributed by atoms with E-state index in [1.807, 2.05) is 24.3 Å². The summed E-state index contributed by atoms with van der Waals surface area (Å²) < 4.78 is 0. The number of rotatable bonds is 7. The molecule has 3 N–H and O–H groups in total. The minimum Gasteiger partial charge on any atom is -0.481 e. The monoisotopic (exact) mass is 358 g/mol. The topological polar surface area (TPSA) is 95.5 Å². The average Bonchev–Trinajstić information content (AvgIpc) is 3.11. The summed E-state index contributed by atoms with van der Waals surface area (Å²) in [7, 11) is 0. The Hall–Kier alpha value is -2.37. The van der Waals surface area contributed by atoms with E-state index in [1.165, 1.54) is 0 Å². The van der Waals surface area contributed by atoms with Crippen molar-refractivity contribution in [2.45, 2.75) is 57.9 Å². The summed E-state index contributed by atoms with van der Waals surface area (Å²) in [6, 6.07) is 7.41. The molecule has 0 spiro atoms. The van der Waals surface area contributed by atoms with Gasteiger partial charge in [-0.1, -0.05) is 31.4 Å². The van der Waals surface area contributed by atoms with Crippen LogP contribution in [0.5, 0.6) is 0 Å². The minimum absolute atomic E-state index is 0.0282. The molecule has 6 nitrogen and oxygen atoms in total. The highest BCUT2D eigenvalue weighted by molar-refractivity contribution is 5.92. The van der Waals surface area contributed by atoms with Gasteiger partial charge in [0.1, 0.15) is 0 Å². The predicted octanol–water partition coefficient (Wildman–Crippen LogP) is 3.08. The second kappa shape index (κ2) is 7.89. The number of benzene rings is 1. The highest BCUT2D eigenvalue weighted by atomic mass is 16.4. The molecule has 0 unspecified atom stereocenters. The van der Waals surface area contributed by atoms with Crippen LogP contribution in [0.2, 0.25) is 0 Å². The van der Waals surface area contributed by atoms with Crippen LogP contribution < -0.4 is 10.6 Å². The zero-order valence-corrected chi connectivity index (χ0v) is 14.9. The molecule has 0 heterocycles. The molecule has 1 aromatic rings. The Labute approximate surface area is 153 Å². The van der Waals surface area contributed by atoms with Crippen LogP contribution in [0.3, 0.4) is 0 Å². The Morgan fingerprint density at radius 3 is 2.46 bits per heavy atom. The van der Waals surface area contributed by atoms with Gasteiger partial charge in [0.05, 0.1) is 5.41 Å². The molecule has 2 saturated carbocycles. The lowest BCUT2D eigenvalue weighted by Gasteiger charge is -2.36. The van der Waals surface area contributed by atoms with Crippen molar-refractivity contribution in [2.75, 3.05) is 5.32 Å². The summed E-state index contributed by atoms with van der Waals surface area (Å²) in [6.07, 6.45) is 6.16. The molecular weight excluding hydrogens is 332 g/mol. The molecule has 1 aromatic carbocycles. The van der Waals surface area contributed by atoms with Crippen LogP contribution in [0.25, 0.3) is 0 Å². The fourth-order valence-corrected chi connectivity index (χ4v) is 3.83. The summed E-state index contributed by atoms with van der Waals surface area (Å²) in [4.78, 5) is 35.7. The molecule has 6 heteroatoms. The van der Waals surface area contributed by atoms with Crippen LogP contribution in [0.1, 0.15) is 56.9 Å². The first-order chi connectivity index (χ1) is 12.5. The zero-order chi connectivity index (χ0) is 18.6. The lowest BCUT2D eigenvalue weighted by atomic mass is 9.66. The third kappa shape index (κ3) is 4.23. The van der Waals surface area contributed by atoms with Crippen molar-refractivity contribution in [1.82, 2.24) is 5.32 Å². The molecule has 0 aromatic heterocycles. The fraction of sp³-hybridized carbons (Fsp3) is 0.550. The minimum atomic E-state index is -0.879. The number of carbonyl (C=O) groups excluding carboxylic acids is 2. The van der Waals surface area contributed by atoms with E-state index in [9.17, 15) is 19.5 Å². The van der Waals surface area contributed by atoms with Gasteiger partial charge in [0, 0.05) is 24.6 Å². The second-order valence-electron chi connectivity index (χ2n) is 7.56. The van der Waals surface area contributed by atoms with E-state index >= 15 is 0 Å². The van der Waals surface area contributed by atoms with Crippen molar-refractivity contribution >= 4 is 23.5 Å². The van der Waals surface area contributed by atoms with Crippen LogP contribution >= 0.6 is 0 Å². The number of carbonyl (C=O) groups is 3. The molecular formula is C20H26N2O4. The molecule has 0 radical (unpaired) electrons. The van der Waals surface area contributed by atoms with Gasteiger partial charge >= 0.3 is 5.97 Å². The Morgan fingerprint density at radius 2 is 1.85 bits per heavy atom. The number of nitrogens with one attached hydrogen (secondary N) is 2. The maximum absolute atomic E-state index is 12.2. The summed E-state index contributed by atoms with van der Waals surface area (Å²) in [5, 5.41) is 15.1. The summed E-state index contributed by atoms with van der Waals surface area (Å²) in [5.41, 5.74) is 0.733. The molecule has 26 heavy (non-hydrogen) atoms. The van der Waals surface area contributed by atoms with E-state index in [2.05, 4.69) is 10.6 Å². The smallest absolute Gasteiger partial charge is 0.310 e. The van der Waals surface area contributed by atoms with Gasteiger partial charge in [-0.3, -0.25) is 14.4 Å². The Kier molecular flexibility index (Phi) is 5.59. The van der Waals surface area contributed by atoms with Crippen LogP contribution in [0.15, 0.2) is 24.3 Å². The van der Waals surface area contributed by atoms with E-state index < -0.39 is 11.4 Å². The van der Waals surface area contributed by atoms with Gasteiger partial charge in [-0.25, -0.2) is 0 Å². The van der Waals surface area contributed by atoms with Gasteiger partial charge < -0.3 is 15.7 Å². The van der Waals surface area contributed by atoms with Crippen LogP contribution in [-0.4, -0.2) is 22.9 Å². The molecule has 2 amide bonds. The largest absolute Gasteiger partial charge is 0.481 e. The quantitative estimate of drug-likeness (QED) is 0.698. The zero-order valence-electron chi connectivity index (χ0n) is 14.9. The molecule has 2 aliphatic rings. The van der Waals surface area contributed by atoms with Gasteiger partial charge in [-0.2, -0.15) is 0 Å². The van der Waals surface area contributed by atoms with Gasteiger partial charge in [-0.15, -0.1) is 0 Å². The van der Waals surface area contributed by atoms with E-state index in [0.717, 1.165) is 43.4 Å². The van der Waals surface area contributed by atoms with Crippen molar-refractivity contribution in [3.63, 3.8) is 0 Å². The van der Waals surface area contributed by atoms with Crippen LogP contribution in [0, 0.1) is 11.3 Å². The third-order valence-corrected chi connectivity index (χ3v) is 5.67. The van der Waals surface area contributed by atoms with E-state index in [0.29, 0.717) is 19.4 Å². The van der Waals surface area contributed by atoms with Crippen molar-refractivity contribution in [3.8, 4) is 0 Å². The molecule has 2 fully saturated rings. The molecule has 0 aliphatic heterocycles. The van der Waals surface area contributed by atoms with E-state index in [-0.39, 0.29) is 24.2 Å². The lowest BCUT2D eigenvalue weighted by molar-refractivity contribution is -0.157. The van der Waals surface area contributed by atoms with Crippen molar-refractivity contribution in [2.24, 2.45) is 11.3 Å². The van der Waals surface area contributed by atoms with Crippen LogP contribution in [0.4, 0.5) is 5.69 Å². The number of hydrogen-bond donors (Lipinski definition) is 3. The maximum atomic E-state index is 12.2. The van der Waals surface area contributed by atoms with Crippen molar-refractivity contribution in [3.05, 3.63) is 29.8 Å². The van der Waals surface area contributed by atoms with Crippen LogP contribution in [-0.2, 0) is 20.9 Å². The Bertz CT molecular complexity index is 691. The van der Waals surface area contributed by atoms with Gasteiger partial charge in [0.15, 0.2) is 0 Å². The molecule has 140 valence electrons. The molecule has 0 saturated heterocycles. The average molecular weight is 358 g/mol. The summed E-state index contributed by atoms with van der Waals surface area (Å²) in [5.74, 6) is -0.951. The number of amides is 2. The molecule has 2 aliphatic carbocycles. The highest BCUT2D eigenvalue weighted by Gasteiger charge is 2.45. The number of hydrogen-bond acceptors (Lipinski definition) is 3. The standard InChI is InChI=1S/C20H26N2O4/c23-17(12-20(19(25)26)9-4-10-20)21-13-14-5-3-8-16(11-14)22-18(24)15-6-1-2-7-15/h3,5,8,11,15H,1-2,4,6-7,9-10,12-13H2,(H,21,23)(H,22,24)(H,25,26). The fourth-order valence-electron chi connectivity index (χ4n) is 3.83. The third-order valence-electron chi connectivity index (χ3n) is 5.67. The first-order valence-corrected chi connectivity index (χ1v) is 9.38. The number of aliphatic carboxylic acids is 1. The van der Waals surface area contributed by atoms with Gasteiger partial charge in [-0.05, 0) is 43.4 Å². The van der Waals surface area contributed by atoms with E-state index in [4.69, 9.17) is 0 Å². The first-order valence-electron chi connectivity index (χ1n) is 9.38. The lowest BCUT2D eigenvalue weighted by Crippen LogP contribution is -2.42. The summed E-state index contributed by atoms with van der Waals surface area (Å²) in [6.45, 7) is 0.321.